The van der Waals surface area contributed by atoms with Gasteiger partial charge in [-0.2, -0.15) is 0 Å². The lowest BCUT2D eigenvalue weighted by molar-refractivity contribution is -0.123. The Balaban J connectivity index is 2.12. The molecule has 1 atom stereocenters. The molecule has 0 heterocycles. The van der Waals surface area contributed by atoms with Gasteiger partial charge in [0.05, 0.1) is 6.04 Å². The maximum atomic E-state index is 13.0. The lowest BCUT2D eigenvalue weighted by atomic mass is 9.85. The van der Waals surface area contributed by atoms with Gasteiger partial charge in [0.25, 0.3) is 0 Å². The van der Waals surface area contributed by atoms with Gasteiger partial charge in [0, 0.05) is 5.92 Å². The van der Waals surface area contributed by atoms with Gasteiger partial charge in [-0.3, -0.25) is 4.79 Å². The highest BCUT2D eigenvalue weighted by molar-refractivity contribution is 5.81. The molecule has 1 aliphatic carbocycles. The van der Waals surface area contributed by atoms with E-state index in [9.17, 15) is 9.18 Å². The van der Waals surface area contributed by atoms with Crippen LogP contribution < -0.4 is 5.32 Å². The smallest absolute Gasteiger partial charge is 0.223 e. The standard InChI is InChI=1S/C16H22FNO/c1-16(2,3)10-14(18-15(19)12-4-5-12)11-6-8-13(17)9-7-11/h6-9,12,14H,4-5,10H2,1-3H3,(H,18,19)/t14-/m0/s1. The van der Waals surface area contributed by atoms with Crippen molar-refractivity contribution in [3.8, 4) is 0 Å². The van der Waals surface area contributed by atoms with Gasteiger partial charge in [-0.05, 0) is 42.4 Å². The summed E-state index contributed by atoms with van der Waals surface area (Å²) in [7, 11) is 0. The first kappa shape index (κ1) is 14.0. The van der Waals surface area contributed by atoms with Crippen LogP contribution in [0.2, 0.25) is 0 Å². The van der Waals surface area contributed by atoms with Crippen molar-refractivity contribution >= 4 is 5.91 Å². The van der Waals surface area contributed by atoms with E-state index in [0.717, 1.165) is 24.8 Å². The Kier molecular flexibility index (Phi) is 3.93. The van der Waals surface area contributed by atoms with Gasteiger partial charge >= 0.3 is 0 Å². The van der Waals surface area contributed by atoms with Crippen LogP contribution in [0.3, 0.4) is 0 Å². The molecule has 0 aromatic heterocycles. The zero-order chi connectivity index (χ0) is 14.0. The molecule has 1 N–H and O–H groups in total. The van der Waals surface area contributed by atoms with Crippen molar-refractivity contribution in [3.63, 3.8) is 0 Å². The molecule has 2 rings (SSSR count). The van der Waals surface area contributed by atoms with Crippen molar-refractivity contribution in [1.29, 1.82) is 0 Å². The third-order valence-corrected chi connectivity index (χ3v) is 3.35. The van der Waals surface area contributed by atoms with E-state index < -0.39 is 0 Å². The summed E-state index contributed by atoms with van der Waals surface area (Å²) in [5.41, 5.74) is 1.08. The van der Waals surface area contributed by atoms with Gasteiger partial charge in [-0.25, -0.2) is 4.39 Å². The van der Waals surface area contributed by atoms with Crippen LogP contribution in [0.1, 0.15) is 51.6 Å². The van der Waals surface area contributed by atoms with E-state index in [4.69, 9.17) is 0 Å². The van der Waals surface area contributed by atoms with Gasteiger partial charge < -0.3 is 5.32 Å². The number of hydrogen-bond acceptors (Lipinski definition) is 1. The summed E-state index contributed by atoms with van der Waals surface area (Å²) in [4.78, 5) is 12.0. The molecule has 0 radical (unpaired) electrons. The summed E-state index contributed by atoms with van der Waals surface area (Å²) in [5, 5.41) is 3.11. The Morgan fingerprint density at radius 1 is 1.32 bits per heavy atom. The number of hydrogen-bond donors (Lipinski definition) is 1. The molecule has 1 aliphatic rings. The second-order valence-electron chi connectivity index (χ2n) is 6.65. The van der Waals surface area contributed by atoms with Crippen LogP contribution >= 0.6 is 0 Å². The number of carbonyl (C=O) groups is 1. The normalized spacial score (nSPS) is 17.1. The molecule has 3 heteroatoms. The predicted octanol–water partition coefficient (Wildman–Crippen LogP) is 3.83. The highest BCUT2D eigenvalue weighted by Crippen LogP contribution is 2.33. The van der Waals surface area contributed by atoms with Crippen molar-refractivity contribution in [2.45, 2.75) is 46.1 Å². The highest BCUT2D eigenvalue weighted by Gasteiger charge is 2.32. The van der Waals surface area contributed by atoms with Crippen LogP contribution in [0.4, 0.5) is 4.39 Å². The highest BCUT2D eigenvalue weighted by atomic mass is 19.1. The second-order valence-corrected chi connectivity index (χ2v) is 6.65. The first-order valence-corrected chi connectivity index (χ1v) is 6.91. The summed E-state index contributed by atoms with van der Waals surface area (Å²) < 4.78 is 13.0. The van der Waals surface area contributed by atoms with Crippen molar-refractivity contribution in [3.05, 3.63) is 35.6 Å². The van der Waals surface area contributed by atoms with Crippen molar-refractivity contribution in [2.75, 3.05) is 0 Å². The molecule has 0 unspecified atom stereocenters. The number of halogens is 1. The van der Waals surface area contributed by atoms with E-state index in [2.05, 4.69) is 26.1 Å². The summed E-state index contributed by atoms with van der Waals surface area (Å²) in [5.74, 6) is 0.0910. The minimum atomic E-state index is -0.244. The minimum Gasteiger partial charge on any atom is -0.349 e. The molecule has 2 nitrogen and oxygen atoms in total. The number of benzene rings is 1. The quantitative estimate of drug-likeness (QED) is 0.879. The lowest BCUT2D eigenvalue weighted by Gasteiger charge is -2.27. The van der Waals surface area contributed by atoms with Gasteiger partial charge in [0.1, 0.15) is 5.82 Å². The number of carbonyl (C=O) groups excluding carboxylic acids is 1. The zero-order valence-electron chi connectivity index (χ0n) is 11.9. The Hall–Kier alpha value is -1.38. The topological polar surface area (TPSA) is 29.1 Å². The maximum Gasteiger partial charge on any atom is 0.223 e. The molecule has 19 heavy (non-hydrogen) atoms. The van der Waals surface area contributed by atoms with E-state index in [1.807, 2.05) is 0 Å². The maximum absolute atomic E-state index is 13.0. The van der Waals surface area contributed by atoms with E-state index in [1.54, 1.807) is 12.1 Å². The largest absolute Gasteiger partial charge is 0.349 e. The molecule has 1 amide bonds. The van der Waals surface area contributed by atoms with E-state index >= 15 is 0 Å². The summed E-state index contributed by atoms with van der Waals surface area (Å²) in [6, 6.07) is 6.40. The molecule has 1 fully saturated rings. The second kappa shape index (κ2) is 5.32. The average Bonchev–Trinajstić information content (AvgIpc) is 3.10. The van der Waals surface area contributed by atoms with Crippen LogP contribution in [0.25, 0.3) is 0 Å². The molecule has 1 saturated carbocycles. The van der Waals surface area contributed by atoms with Crippen LogP contribution in [0.5, 0.6) is 0 Å². The van der Waals surface area contributed by atoms with Crippen molar-refractivity contribution in [2.24, 2.45) is 11.3 Å². The van der Waals surface area contributed by atoms with E-state index in [-0.39, 0.29) is 29.1 Å². The molecular weight excluding hydrogens is 241 g/mol. The van der Waals surface area contributed by atoms with Gasteiger partial charge in [-0.1, -0.05) is 32.9 Å². The fourth-order valence-electron chi connectivity index (χ4n) is 2.19. The fourth-order valence-corrected chi connectivity index (χ4v) is 2.19. The minimum absolute atomic E-state index is 0.0336. The Morgan fingerprint density at radius 3 is 2.37 bits per heavy atom. The summed E-state index contributed by atoms with van der Waals surface area (Å²) >= 11 is 0. The Labute approximate surface area is 114 Å². The van der Waals surface area contributed by atoms with E-state index in [0.29, 0.717) is 0 Å². The Morgan fingerprint density at radius 2 is 1.89 bits per heavy atom. The van der Waals surface area contributed by atoms with Crippen LogP contribution in [-0.2, 0) is 4.79 Å². The summed E-state index contributed by atoms with van der Waals surface area (Å²) in [6.07, 6.45) is 2.84. The van der Waals surface area contributed by atoms with Crippen LogP contribution in [-0.4, -0.2) is 5.91 Å². The van der Waals surface area contributed by atoms with Gasteiger partial charge in [0.15, 0.2) is 0 Å². The molecule has 1 aromatic rings. The molecule has 0 bridgehead atoms. The van der Waals surface area contributed by atoms with Crippen molar-refractivity contribution < 1.29 is 9.18 Å². The number of nitrogens with one attached hydrogen (secondary N) is 1. The van der Waals surface area contributed by atoms with Gasteiger partial charge in [-0.15, -0.1) is 0 Å². The van der Waals surface area contributed by atoms with Gasteiger partial charge in [0.2, 0.25) is 5.91 Å². The first-order valence-electron chi connectivity index (χ1n) is 6.91. The monoisotopic (exact) mass is 263 g/mol. The molecule has 0 spiro atoms. The van der Waals surface area contributed by atoms with E-state index in [1.165, 1.54) is 12.1 Å². The third-order valence-electron chi connectivity index (χ3n) is 3.35. The number of amides is 1. The third kappa shape index (κ3) is 4.34. The molecule has 0 aliphatic heterocycles. The first-order chi connectivity index (χ1) is 8.85. The molecular formula is C16H22FNO. The van der Waals surface area contributed by atoms with Crippen LogP contribution in [0, 0.1) is 17.2 Å². The SMILES string of the molecule is CC(C)(C)C[C@H](NC(=O)C1CC1)c1ccc(F)cc1. The fraction of sp³-hybridized carbons (Fsp3) is 0.562. The molecule has 1 aromatic carbocycles. The number of rotatable bonds is 4. The predicted molar refractivity (Wildman–Crippen MR) is 74.1 cm³/mol. The van der Waals surface area contributed by atoms with Crippen LogP contribution in [0.15, 0.2) is 24.3 Å². The molecule has 104 valence electrons. The summed E-state index contributed by atoms with van der Waals surface area (Å²) in [6.45, 7) is 6.44. The van der Waals surface area contributed by atoms with Crippen molar-refractivity contribution in [1.82, 2.24) is 5.32 Å². The zero-order valence-corrected chi connectivity index (χ0v) is 11.9. The Bertz CT molecular complexity index is 443. The molecule has 0 saturated heterocycles. The average molecular weight is 263 g/mol. The lowest BCUT2D eigenvalue weighted by Crippen LogP contribution is -2.32.